The zero-order valence-corrected chi connectivity index (χ0v) is 37.7. The lowest BCUT2D eigenvalue weighted by Crippen LogP contribution is -2.53. The highest BCUT2D eigenvalue weighted by Gasteiger charge is 2.42. The lowest BCUT2D eigenvalue weighted by Gasteiger charge is -2.40. The fraction of sp³-hybridized carbons (Fsp3) is 0.396. The molecule has 5 aliphatic heterocycles. The number of hydrogen-bond acceptors (Lipinski definition) is 10. The summed E-state index contributed by atoms with van der Waals surface area (Å²) in [6.07, 6.45) is 4.50. The number of alkyl halides is 1. The molecule has 0 bridgehead atoms. The largest absolute Gasteiger partial charge is 0.372 e. The van der Waals surface area contributed by atoms with Crippen LogP contribution in [0.15, 0.2) is 73.1 Å². The van der Waals surface area contributed by atoms with E-state index in [0.717, 1.165) is 98.2 Å². The number of carbonyl (C=O) groups excluding carboxylic acids is 4. The van der Waals surface area contributed by atoms with Crippen LogP contribution in [-0.2, 0) is 27.4 Å². The van der Waals surface area contributed by atoms with Gasteiger partial charge in [-0.25, -0.2) is 27.4 Å². The van der Waals surface area contributed by atoms with Gasteiger partial charge in [0.15, 0.2) is 5.82 Å². The van der Waals surface area contributed by atoms with E-state index in [1.807, 2.05) is 24.3 Å². The van der Waals surface area contributed by atoms with Crippen molar-refractivity contribution in [3.63, 3.8) is 0 Å². The van der Waals surface area contributed by atoms with Gasteiger partial charge in [-0.3, -0.25) is 33.5 Å². The van der Waals surface area contributed by atoms with Gasteiger partial charge in [-0.05, 0) is 91.3 Å². The number of hydrazine groups is 1. The smallest absolute Gasteiger partial charge is 0.277 e. The van der Waals surface area contributed by atoms with E-state index in [4.69, 9.17) is 0 Å². The van der Waals surface area contributed by atoms with Gasteiger partial charge in [0.25, 0.3) is 23.1 Å². The summed E-state index contributed by atoms with van der Waals surface area (Å²) in [6.45, 7) is 6.65. The molecule has 4 fully saturated rings. The number of amides is 3. The Morgan fingerprint density at radius 1 is 0.881 bits per heavy atom. The topological polar surface area (TPSA) is 157 Å². The number of piperazine rings is 1. The number of hydrogen-bond donors (Lipinski definition) is 2. The molecule has 2 aromatic heterocycles. The number of likely N-dealkylation sites (tertiary alicyclic amines) is 1. The molecular formula is C48H50F3N9O6S. The number of anilines is 3. The number of pyridine rings is 1. The molecule has 67 heavy (non-hydrogen) atoms. The average Bonchev–Trinajstić information content (AvgIpc) is 4.05. The Labute approximate surface area is 387 Å². The summed E-state index contributed by atoms with van der Waals surface area (Å²) in [5.41, 5.74) is 4.11. The second-order valence-corrected chi connectivity index (χ2v) is 18.9. The molecule has 0 radical (unpaired) electrons. The zero-order chi connectivity index (χ0) is 46.7. The lowest BCUT2D eigenvalue weighted by atomic mass is 9.95. The predicted octanol–water partition coefficient (Wildman–Crippen LogP) is 5.78. The van der Waals surface area contributed by atoms with Gasteiger partial charge >= 0.3 is 0 Å². The van der Waals surface area contributed by atoms with Crippen LogP contribution in [0, 0.1) is 17.6 Å². The van der Waals surface area contributed by atoms with Crippen molar-refractivity contribution >= 4 is 62.9 Å². The van der Waals surface area contributed by atoms with Gasteiger partial charge in [-0.1, -0.05) is 12.1 Å². The lowest BCUT2D eigenvalue weighted by molar-refractivity contribution is -0.150. The minimum Gasteiger partial charge on any atom is -0.372 e. The van der Waals surface area contributed by atoms with Crippen LogP contribution in [0.5, 0.6) is 0 Å². The second-order valence-electron chi connectivity index (χ2n) is 18.1. The summed E-state index contributed by atoms with van der Waals surface area (Å²) in [5.74, 6) is -3.57. The summed E-state index contributed by atoms with van der Waals surface area (Å²) >= 11 is -2.82. The predicted molar refractivity (Wildman–Crippen MR) is 246 cm³/mol. The Hall–Kier alpha value is -6.15. The highest BCUT2D eigenvalue weighted by molar-refractivity contribution is 7.80. The van der Waals surface area contributed by atoms with Crippen molar-refractivity contribution in [3.8, 4) is 11.1 Å². The molecule has 3 aromatic carbocycles. The number of nitrogens with one attached hydrogen (secondary N) is 1. The minimum absolute atomic E-state index is 0.0317. The van der Waals surface area contributed by atoms with E-state index in [0.29, 0.717) is 45.5 Å². The summed E-state index contributed by atoms with van der Waals surface area (Å²) in [6, 6.07) is 17.0. The average molecular weight is 938 g/mol. The van der Waals surface area contributed by atoms with Gasteiger partial charge in [-0.15, -0.1) is 0 Å². The van der Waals surface area contributed by atoms with Crippen molar-refractivity contribution in [3.05, 3.63) is 107 Å². The third-order valence-corrected chi connectivity index (χ3v) is 14.9. The Bertz CT molecular complexity index is 2800. The van der Waals surface area contributed by atoms with Crippen molar-refractivity contribution < 1.29 is 41.1 Å². The first kappa shape index (κ1) is 44.7. The number of halogens is 3. The maximum atomic E-state index is 16.1. The second kappa shape index (κ2) is 18.2. The van der Waals surface area contributed by atoms with E-state index in [1.54, 1.807) is 17.2 Å². The highest BCUT2D eigenvalue weighted by Crippen LogP contribution is 2.35. The van der Waals surface area contributed by atoms with E-state index in [1.165, 1.54) is 18.3 Å². The number of benzene rings is 3. The Morgan fingerprint density at radius 3 is 2.33 bits per heavy atom. The van der Waals surface area contributed by atoms with E-state index < -0.39 is 52.1 Å². The van der Waals surface area contributed by atoms with Crippen molar-refractivity contribution in [2.24, 2.45) is 5.92 Å². The first-order valence-electron chi connectivity index (χ1n) is 22.7. The molecule has 2 N–H and O–H groups in total. The number of aromatic nitrogens is 2. The number of nitrogens with zero attached hydrogens (tertiary/aromatic N) is 8. The molecule has 0 spiro atoms. The van der Waals surface area contributed by atoms with Crippen LogP contribution in [0.25, 0.3) is 22.2 Å². The number of H-pyrrole nitrogens is 1. The third-order valence-electron chi connectivity index (χ3n) is 14.1. The quantitative estimate of drug-likeness (QED) is 0.0941. The number of fused-ring (bicyclic) bond motifs is 2. The standard InChI is InChI=1S/C48H50F3N9O6S/c1-54-42(61)11-10-41(48(54)64)59-27-32-22-35(6-7-36(32)47(59)63)56-15-12-29(13-16-56)26-55-18-20-57(21-19-55)34-4-2-30(3-5-34)31-23-37-38(25-53-46(37)52-24-31)45(62)43-39(50)8-9-40(44(43)51)60(67(65)66)58-17-14-33(49)28-58/h2-9,22-25,29,33,41H,10-21,26-28H2,1H3,(H,52,53)(H,65,66)/t33-,41?/m1/s1. The maximum absolute atomic E-state index is 16.1. The van der Waals surface area contributed by atoms with Gasteiger partial charge in [0, 0.05) is 118 Å². The molecule has 10 rings (SSSR count). The van der Waals surface area contributed by atoms with Crippen LogP contribution in [0.3, 0.4) is 0 Å². The number of carbonyl (C=O) groups is 4. The SMILES string of the molecule is CN1C(=O)CCC(N2Cc3cc(N4CCC(CN5CCN(c6ccc(-c7cnc8[nH]cc(C(=O)c9c(F)ccc(N(N%10CC[C@@H](F)C%10)S(=O)O)c9F)c8c7)cc6)CC5)CC4)ccc3C2=O)C1=O. The molecule has 2 unspecified atom stereocenters. The van der Waals surface area contributed by atoms with Crippen LogP contribution < -0.4 is 14.2 Å². The van der Waals surface area contributed by atoms with E-state index in [9.17, 15) is 32.3 Å². The van der Waals surface area contributed by atoms with Crippen LogP contribution >= 0.6 is 0 Å². The molecule has 5 aliphatic rings. The molecule has 5 aromatic rings. The number of aromatic amines is 1. The fourth-order valence-electron chi connectivity index (χ4n) is 10.3. The normalized spacial score (nSPS) is 21.5. The molecule has 7 heterocycles. The number of likely N-dealkylation sites (N-methyl/N-ethyl adjacent to an activating group) is 1. The van der Waals surface area contributed by atoms with Crippen LogP contribution in [0.2, 0.25) is 0 Å². The summed E-state index contributed by atoms with van der Waals surface area (Å²) in [7, 11) is 1.48. The minimum atomic E-state index is -2.82. The van der Waals surface area contributed by atoms with E-state index in [2.05, 4.69) is 42.9 Å². The fourth-order valence-corrected chi connectivity index (χ4v) is 11.0. The molecular weight excluding hydrogens is 888 g/mol. The van der Waals surface area contributed by atoms with Gasteiger partial charge < -0.3 is 19.7 Å². The Kier molecular flexibility index (Phi) is 12.1. The molecule has 3 atom stereocenters. The van der Waals surface area contributed by atoms with E-state index in [-0.39, 0.29) is 49.2 Å². The third kappa shape index (κ3) is 8.46. The zero-order valence-electron chi connectivity index (χ0n) is 36.9. The molecule has 19 heteroatoms. The molecule has 4 saturated heterocycles. The maximum Gasteiger partial charge on any atom is 0.277 e. The van der Waals surface area contributed by atoms with Crippen LogP contribution in [-0.4, -0.2) is 140 Å². The molecule has 0 saturated carbocycles. The number of piperidine rings is 2. The van der Waals surface area contributed by atoms with Crippen molar-refractivity contribution in [2.45, 2.75) is 50.9 Å². The first-order chi connectivity index (χ1) is 32.3. The first-order valence-corrected chi connectivity index (χ1v) is 23.8. The summed E-state index contributed by atoms with van der Waals surface area (Å²) < 4.78 is 68.3. The Balaban J connectivity index is 0.736. The summed E-state index contributed by atoms with van der Waals surface area (Å²) in [4.78, 5) is 69.5. The summed E-state index contributed by atoms with van der Waals surface area (Å²) in [5, 5.41) is 1.51. The van der Waals surface area contributed by atoms with Crippen molar-refractivity contribution in [1.82, 2.24) is 29.7 Å². The number of imide groups is 1. The highest BCUT2D eigenvalue weighted by atomic mass is 32.2. The van der Waals surface area contributed by atoms with E-state index >= 15 is 8.78 Å². The van der Waals surface area contributed by atoms with Crippen molar-refractivity contribution in [2.75, 3.05) is 80.2 Å². The molecule has 0 aliphatic carbocycles. The van der Waals surface area contributed by atoms with Gasteiger partial charge in [0.1, 0.15) is 29.4 Å². The molecule has 3 amide bonds. The monoisotopic (exact) mass is 937 g/mol. The number of rotatable bonds is 11. The molecule has 15 nitrogen and oxygen atoms in total. The van der Waals surface area contributed by atoms with Gasteiger partial charge in [0.05, 0.1) is 12.1 Å². The van der Waals surface area contributed by atoms with Crippen molar-refractivity contribution in [1.29, 1.82) is 0 Å². The number of ketones is 1. The van der Waals surface area contributed by atoms with Crippen LogP contribution in [0.4, 0.5) is 30.2 Å². The molecule has 350 valence electrons. The van der Waals surface area contributed by atoms with Gasteiger partial charge in [-0.2, -0.15) is 4.41 Å². The van der Waals surface area contributed by atoms with Gasteiger partial charge in [0.2, 0.25) is 11.7 Å². The Morgan fingerprint density at radius 2 is 1.61 bits per heavy atom. The van der Waals surface area contributed by atoms with Crippen LogP contribution in [0.1, 0.15) is 63.9 Å².